The summed E-state index contributed by atoms with van der Waals surface area (Å²) in [7, 11) is 0. The Morgan fingerprint density at radius 1 is 1.50 bits per heavy atom. The van der Waals surface area contributed by atoms with Crippen LogP contribution in [-0.4, -0.2) is 0 Å². The van der Waals surface area contributed by atoms with E-state index < -0.39 is 0 Å². The number of rotatable bonds is 3. The van der Waals surface area contributed by atoms with E-state index in [9.17, 15) is 0 Å². The molecule has 0 bridgehead atoms. The lowest BCUT2D eigenvalue weighted by atomic mass is 9.97. The minimum Gasteiger partial charge on any atom is -0.198 e. The first-order chi connectivity index (χ1) is 6.69. The molecule has 1 aromatic rings. The van der Waals surface area contributed by atoms with Gasteiger partial charge in [-0.15, -0.1) is 0 Å². The zero-order valence-electron chi connectivity index (χ0n) is 8.55. The van der Waals surface area contributed by atoms with Gasteiger partial charge in [0.2, 0.25) is 0 Å². The van der Waals surface area contributed by atoms with E-state index in [1.54, 1.807) is 0 Å². The molecule has 74 valence electrons. The second kappa shape index (κ2) is 5.17. The van der Waals surface area contributed by atoms with Gasteiger partial charge in [-0.2, -0.15) is 5.26 Å². The van der Waals surface area contributed by atoms with Crippen LogP contribution in [0.4, 0.5) is 0 Å². The van der Waals surface area contributed by atoms with Gasteiger partial charge in [0.1, 0.15) is 0 Å². The van der Waals surface area contributed by atoms with Gasteiger partial charge >= 0.3 is 0 Å². The molecule has 1 unspecified atom stereocenters. The zero-order chi connectivity index (χ0) is 10.6. The molecule has 0 heterocycles. The van der Waals surface area contributed by atoms with Gasteiger partial charge in [-0.25, -0.2) is 0 Å². The van der Waals surface area contributed by atoms with Gasteiger partial charge in [-0.1, -0.05) is 41.9 Å². The Morgan fingerprint density at radius 3 is 2.71 bits per heavy atom. The number of nitriles is 1. The van der Waals surface area contributed by atoms with E-state index in [0.717, 1.165) is 16.5 Å². The molecule has 0 aromatic heterocycles. The van der Waals surface area contributed by atoms with Crippen molar-refractivity contribution in [3.8, 4) is 6.07 Å². The van der Waals surface area contributed by atoms with Crippen molar-refractivity contribution < 1.29 is 0 Å². The minimum atomic E-state index is 0.486. The maximum Gasteiger partial charge on any atom is 0.0669 e. The number of halogens is 1. The summed E-state index contributed by atoms with van der Waals surface area (Å²) in [5.74, 6) is 0.570. The molecule has 0 aliphatic heterocycles. The van der Waals surface area contributed by atoms with E-state index in [-0.39, 0.29) is 0 Å². The molecule has 0 aliphatic carbocycles. The fourth-order valence-corrected chi connectivity index (χ4v) is 2.21. The van der Waals surface area contributed by atoms with Crippen molar-refractivity contribution in [3.63, 3.8) is 0 Å². The minimum absolute atomic E-state index is 0.486. The van der Waals surface area contributed by atoms with Crippen molar-refractivity contribution in [1.29, 1.82) is 5.26 Å². The van der Waals surface area contributed by atoms with E-state index in [0.29, 0.717) is 12.3 Å². The molecule has 1 rings (SSSR count). The average molecular weight is 252 g/mol. The molecule has 0 spiro atoms. The fourth-order valence-electron chi connectivity index (χ4n) is 1.39. The average Bonchev–Trinajstić information content (AvgIpc) is 2.17. The Balaban J connectivity index is 2.96. The zero-order valence-corrected chi connectivity index (χ0v) is 10.1. The van der Waals surface area contributed by atoms with Crippen LogP contribution >= 0.6 is 15.9 Å². The Kier molecular flexibility index (Phi) is 4.16. The van der Waals surface area contributed by atoms with Crippen molar-refractivity contribution in [1.82, 2.24) is 0 Å². The lowest BCUT2D eigenvalue weighted by Gasteiger charge is -2.11. The van der Waals surface area contributed by atoms with Crippen LogP contribution in [0.5, 0.6) is 0 Å². The molecule has 1 atom stereocenters. The van der Waals surface area contributed by atoms with Crippen LogP contribution < -0.4 is 0 Å². The molecule has 0 radical (unpaired) electrons. The number of hydrogen-bond acceptors (Lipinski definition) is 1. The van der Waals surface area contributed by atoms with Crippen molar-refractivity contribution >= 4 is 15.9 Å². The van der Waals surface area contributed by atoms with E-state index in [1.807, 2.05) is 12.1 Å². The summed E-state index contributed by atoms with van der Waals surface area (Å²) in [6.07, 6.45) is 1.62. The van der Waals surface area contributed by atoms with Gasteiger partial charge in [0, 0.05) is 4.47 Å². The highest BCUT2D eigenvalue weighted by molar-refractivity contribution is 9.10. The van der Waals surface area contributed by atoms with Crippen LogP contribution in [0.1, 0.15) is 37.3 Å². The smallest absolute Gasteiger partial charge is 0.0669 e. The molecule has 0 aliphatic rings. The molecule has 0 saturated heterocycles. The number of benzene rings is 1. The van der Waals surface area contributed by atoms with Crippen LogP contribution in [0.15, 0.2) is 22.7 Å². The largest absolute Gasteiger partial charge is 0.198 e. The van der Waals surface area contributed by atoms with Crippen LogP contribution in [-0.2, 0) is 6.42 Å². The standard InChI is InChI=1S/C12H14BrN/c1-3-9(2)11-5-4-10(6-7-14)8-12(11)13/h4-5,8-9H,3,6H2,1-2H3. The lowest BCUT2D eigenvalue weighted by molar-refractivity contribution is 0.729. The van der Waals surface area contributed by atoms with Crippen LogP contribution in [0.3, 0.4) is 0 Å². The number of hydrogen-bond donors (Lipinski definition) is 0. The molecule has 1 aromatic carbocycles. The summed E-state index contributed by atoms with van der Waals surface area (Å²) in [4.78, 5) is 0. The van der Waals surface area contributed by atoms with Gasteiger partial charge in [0.05, 0.1) is 12.5 Å². The summed E-state index contributed by atoms with van der Waals surface area (Å²) in [5.41, 5.74) is 2.40. The Labute approximate surface area is 93.9 Å². The van der Waals surface area contributed by atoms with Gasteiger partial charge in [0.25, 0.3) is 0 Å². The second-order valence-corrected chi connectivity index (χ2v) is 4.35. The molecule has 0 fully saturated rings. The molecule has 14 heavy (non-hydrogen) atoms. The number of nitrogens with zero attached hydrogens (tertiary/aromatic N) is 1. The SMILES string of the molecule is CCC(C)c1ccc(CC#N)cc1Br. The van der Waals surface area contributed by atoms with E-state index in [1.165, 1.54) is 5.56 Å². The van der Waals surface area contributed by atoms with Gasteiger partial charge in [-0.05, 0) is 29.5 Å². The third-order valence-corrected chi connectivity index (χ3v) is 3.18. The van der Waals surface area contributed by atoms with E-state index in [2.05, 4.69) is 41.9 Å². The summed E-state index contributed by atoms with van der Waals surface area (Å²) in [6.45, 7) is 4.39. The monoisotopic (exact) mass is 251 g/mol. The van der Waals surface area contributed by atoms with Gasteiger partial charge < -0.3 is 0 Å². The lowest BCUT2D eigenvalue weighted by Crippen LogP contribution is -1.94. The van der Waals surface area contributed by atoms with E-state index >= 15 is 0 Å². The van der Waals surface area contributed by atoms with Crippen LogP contribution in [0, 0.1) is 11.3 Å². The van der Waals surface area contributed by atoms with Crippen molar-refractivity contribution in [3.05, 3.63) is 33.8 Å². The topological polar surface area (TPSA) is 23.8 Å². The predicted molar refractivity (Wildman–Crippen MR) is 62.2 cm³/mol. The first-order valence-electron chi connectivity index (χ1n) is 4.84. The van der Waals surface area contributed by atoms with Crippen molar-refractivity contribution in [2.24, 2.45) is 0 Å². The Morgan fingerprint density at radius 2 is 2.21 bits per heavy atom. The summed E-state index contributed by atoms with van der Waals surface area (Å²) in [5, 5.41) is 8.57. The Bertz CT molecular complexity index is 352. The normalized spacial score (nSPS) is 12.1. The third-order valence-electron chi connectivity index (χ3n) is 2.49. The van der Waals surface area contributed by atoms with Gasteiger partial charge in [0.15, 0.2) is 0 Å². The molecule has 1 nitrogen and oxygen atoms in total. The summed E-state index contributed by atoms with van der Waals surface area (Å²) < 4.78 is 1.12. The molecular formula is C12H14BrN. The molecule has 2 heteroatoms. The van der Waals surface area contributed by atoms with Crippen LogP contribution in [0.25, 0.3) is 0 Å². The fraction of sp³-hybridized carbons (Fsp3) is 0.417. The quantitative estimate of drug-likeness (QED) is 0.796. The maximum absolute atomic E-state index is 8.57. The van der Waals surface area contributed by atoms with Crippen molar-refractivity contribution in [2.75, 3.05) is 0 Å². The highest BCUT2D eigenvalue weighted by Crippen LogP contribution is 2.27. The highest BCUT2D eigenvalue weighted by Gasteiger charge is 2.07. The van der Waals surface area contributed by atoms with E-state index in [4.69, 9.17) is 5.26 Å². The molecular weight excluding hydrogens is 238 g/mol. The maximum atomic E-state index is 8.57. The summed E-state index contributed by atoms with van der Waals surface area (Å²) >= 11 is 3.55. The predicted octanol–water partition coefficient (Wildman–Crippen LogP) is 4.03. The first-order valence-corrected chi connectivity index (χ1v) is 5.63. The molecule has 0 amide bonds. The first kappa shape index (κ1) is 11.3. The summed E-state index contributed by atoms with van der Waals surface area (Å²) in [6, 6.07) is 8.35. The van der Waals surface area contributed by atoms with Crippen molar-refractivity contribution in [2.45, 2.75) is 32.6 Å². The molecule has 0 N–H and O–H groups in total. The second-order valence-electron chi connectivity index (χ2n) is 3.50. The van der Waals surface area contributed by atoms with Gasteiger partial charge in [-0.3, -0.25) is 0 Å². The Hall–Kier alpha value is -0.810. The third kappa shape index (κ3) is 2.59. The van der Waals surface area contributed by atoms with Crippen LogP contribution in [0.2, 0.25) is 0 Å². The molecule has 0 saturated carbocycles. The highest BCUT2D eigenvalue weighted by atomic mass is 79.9.